The number of hydrogen-bond acceptors (Lipinski definition) is 5. The molecule has 1 aromatic carbocycles. The highest BCUT2D eigenvalue weighted by Gasteiger charge is 2.30. The van der Waals surface area contributed by atoms with Gasteiger partial charge in [-0.1, -0.05) is 12.1 Å². The molecular formula is C21H31N5O4. The van der Waals surface area contributed by atoms with Crippen molar-refractivity contribution in [1.82, 2.24) is 15.1 Å². The molecule has 2 aliphatic rings. The van der Waals surface area contributed by atoms with Crippen LogP contribution in [0.5, 0.6) is 0 Å². The molecule has 2 amide bonds. The summed E-state index contributed by atoms with van der Waals surface area (Å²) in [7, 11) is 1.33. The van der Waals surface area contributed by atoms with Gasteiger partial charge in [0.2, 0.25) is 0 Å². The zero-order valence-corrected chi connectivity index (χ0v) is 17.7. The summed E-state index contributed by atoms with van der Waals surface area (Å²) in [6.07, 6.45) is 1.05. The smallest absolute Gasteiger partial charge is 0.411 e. The molecule has 1 aromatic rings. The number of guanidine groups is 1. The normalized spacial score (nSPS) is 19.5. The van der Waals surface area contributed by atoms with Crippen molar-refractivity contribution in [3.8, 4) is 0 Å². The van der Waals surface area contributed by atoms with E-state index in [0.717, 1.165) is 44.0 Å². The second kappa shape index (κ2) is 10.8. The average Bonchev–Trinajstić information content (AvgIpc) is 3.32. The molecule has 0 radical (unpaired) electrons. The number of aliphatic imine (C=N–C) groups is 1. The third-order valence-corrected chi connectivity index (χ3v) is 5.23. The van der Waals surface area contributed by atoms with Gasteiger partial charge in [-0.2, -0.15) is 0 Å². The number of amides is 2. The van der Waals surface area contributed by atoms with Crippen LogP contribution in [0.15, 0.2) is 29.3 Å². The van der Waals surface area contributed by atoms with E-state index in [4.69, 9.17) is 9.73 Å². The van der Waals surface area contributed by atoms with E-state index in [2.05, 4.69) is 20.3 Å². The largest absolute Gasteiger partial charge is 0.453 e. The Balaban J connectivity index is 1.54. The number of nitrogens with one attached hydrogen (secondary N) is 2. The first-order valence-electron chi connectivity index (χ1n) is 10.5. The van der Waals surface area contributed by atoms with Gasteiger partial charge in [0.25, 0.3) is 5.91 Å². The van der Waals surface area contributed by atoms with E-state index in [1.807, 2.05) is 36.1 Å². The fourth-order valence-electron chi connectivity index (χ4n) is 3.57. The van der Waals surface area contributed by atoms with Crippen molar-refractivity contribution in [2.24, 2.45) is 4.99 Å². The lowest BCUT2D eigenvalue weighted by Gasteiger charge is -2.37. The molecule has 164 valence electrons. The fraction of sp³-hybridized carbons (Fsp3) is 0.571. The van der Waals surface area contributed by atoms with E-state index in [-0.39, 0.29) is 12.0 Å². The van der Waals surface area contributed by atoms with Crippen molar-refractivity contribution in [2.45, 2.75) is 32.4 Å². The Labute approximate surface area is 177 Å². The maximum absolute atomic E-state index is 12.5. The minimum atomic E-state index is -0.493. The van der Waals surface area contributed by atoms with Crippen LogP contribution in [-0.2, 0) is 20.8 Å². The Bertz CT molecular complexity index is 738. The predicted octanol–water partition coefficient (Wildman–Crippen LogP) is 1.65. The van der Waals surface area contributed by atoms with E-state index in [9.17, 15) is 9.59 Å². The van der Waals surface area contributed by atoms with E-state index in [1.54, 1.807) is 0 Å². The van der Waals surface area contributed by atoms with Crippen LogP contribution < -0.4 is 10.6 Å². The van der Waals surface area contributed by atoms with Gasteiger partial charge in [-0.15, -0.1) is 0 Å². The number of carbonyl (C=O) groups excluding carboxylic acids is 2. The van der Waals surface area contributed by atoms with Crippen LogP contribution in [0.4, 0.5) is 10.5 Å². The number of carbonyl (C=O) groups is 2. The molecule has 9 heteroatoms. The first-order chi connectivity index (χ1) is 14.6. The topological polar surface area (TPSA) is 95.5 Å². The van der Waals surface area contributed by atoms with Crippen molar-refractivity contribution in [3.05, 3.63) is 29.8 Å². The molecule has 1 atom stereocenters. The highest BCUT2D eigenvalue weighted by Crippen LogP contribution is 2.16. The van der Waals surface area contributed by atoms with Crippen LogP contribution in [0.1, 0.15) is 25.3 Å². The third-order valence-electron chi connectivity index (χ3n) is 5.23. The molecule has 0 aliphatic carbocycles. The Morgan fingerprint density at radius 2 is 1.87 bits per heavy atom. The Morgan fingerprint density at radius 3 is 2.47 bits per heavy atom. The Morgan fingerprint density at radius 1 is 1.17 bits per heavy atom. The monoisotopic (exact) mass is 417 g/mol. The van der Waals surface area contributed by atoms with Crippen LogP contribution >= 0.6 is 0 Å². The minimum absolute atomic E-state index is 0.120. The molecule has 0 aromatic heterocycles. The molecule has 0 saturated carbocycles. The summed E-state index contributed by atoms with van der Waals surface area (Å²) < 4.78 is 10.1. The molecule has 3 rings (SSSR count). The summed E-state index contributed by atoms with van der Waals surface area (Å²) >= 11 is 0. The van der Waals surface area contributed by atoms with Crippen LogP contribution in [0, 0.1) is 0 Å². The molecule has 2 fully saturated rings. The summed E-state index contributed by atoms with van der Waals surface area (Å²) in [6.45, 7) is 6.87. The number of hydrogen-bond donors (Lipinski definition) is 2. The standard InChI is InChI=1S/C21H31N5O4/c1-3-22-20(23-15-16-6-8-17(9-7-16)24-21(28)29-2)26-12-10-25(11-13-26)19(27)18-5-4-14-30-18/h6-9,18H,3-5,10-15H2,1-2H3,(H,22,23)(H,24,28). The van der Waals surface area contributed by atoms with Crippen molar-refractivity contribution < 1.29 is 19.1 Å². The number of ether oxygens (including phenoxy) is 2. The lowest BCUT2D eigenvalue weighted by Crippen LogP contribution is -2.55. The maximum atomic E-state index is 12.5. The molecule has 2 heterocycles. The molecular weight excluding hydrogens is 386 g/mol. The molecule has 9 nitrogen and oxygen atoms in total. The number of methoxy groups -OCH3 is 1. The van der Waals surface area contributed by atoms with Crippen LogP contribution in [-0.4, -0.2) is 80.3 Å². The first-order valence-corrected chi connectivity index (χ1v) is 10.5. The van der Waals surface area contributed by atoms with E-state index < -0.39 is 6.09 Å². The van der Waals surface area contributed by atoms with Gasteiger partial charge in [0.15, 0.2) is 5.96 Å². The number of benzene rings is 1. The van der Waals surface area contributed by atoms with E-state index >= 15 is 0 Å². The van der Waals surface area contributed by atoms with Crippen molar-refractivity contribution in [2.75, 3.05) is 51.8 Å². The molecule has 1 unspecified atom stereocenters. The second-order valence-electron chi connectivity index (χ2n) is 7.30. The molecule has 30 heavy (non-hydrogen) atoms. The van der Waals surface area contributed by atoms with Gasteiger partial charge in [-0.25, -0.2) is 9.79 Å². The summed E-state index contributed by atoms with van der Waals surface area (Å²) in [5, 5.41) is 5.97. The summed E-state index contributed by atoms with van der Waals surface area (Å²) in [6, 6.07) is 7.50. The summed E-state index contributed by atoms with van der Waals surface area (Å²) in [5.41, 5.74) is 1.71. The van der Waals surface area contributed by atoms with Gasteiger partial charge < -0.3 is 24.6 Å². The van der Waals surface area contributed by atoms with Gasteiger partial charge in [0.1, 0.15) is 6.10 Å². The van der Waals surface area contributed by atoms with Gasteiger partial charge in [-0.05, 0) is 37.5 Å². The first kappa shape index (κ1) is 21.9. The van der Waals surface area contributed by atoms with Gasteiger partial charge in [0.05, 0.1) is 13.7 Å². The lowest BCUT2D eigenvalue weighted by molar-refractivity contribution is -0.142. The highest BCUT2D eigenvalue weighted by atomic mass is 16.5. The second-order valence-corrected chi connectivity index (χ2v) is 7.30. The quantitative estimate of drug-likeness (QED) is 0.559. The Hall–Kier alpha value is -2.81. The SMILES string of the molecule is CCNC(=NCc1ccc(NC(=O)OC)cc1)N1CCN(C(=O)C2CCCO2)CC1. The number of rotatable bonds is 5. The van der Waals surface area contributed by atoms with Crippen molar-refractivity contribution in [3.63, 3.8) is 0 Å². The number of nitrogens with zero attached hydrogens (tertiary/aromatic N) is 3. The van der Waals surface area contributed by atoms with E-state index in [1.165, 1.54) is 7.11 Å². The fourth-order valence-corrected chi connectivity index (χ4v) is 3.57. The maximum Gasteiger partial charge on any atom is 0.411 e. The molecule has 2 aliphatic heterocycles. The van der Waals surface area contributed by atoms with Crippen LogP contribution in [0.25, 0.3) is 0 Å². The van der Waals surface area contributed by atoms with Crippen molar-refractivity contribution in [1.29, 1.82) is 0 Å². The summed E-state index contributed by atoms with van der Waals surface area (Å²) in [4.78, 5) is 32.6. The molecule has 2 N–H and O–H groups in total. The third kappa shape index (κ3) is 5.85. The Kier molecular flexibility index (Phi) is 7.89. The van der Waals surface area contributed by atoms with Gasteiger partial charge >= 0.3 is 6.09 Å². The number of anilines is 1. The predicted molar refractivity (Wildman–Crippen MR) is 114 cm³/mol. The van der Waals surface area contributed by atoms with Crippen LogP contribution in [0.3, 0.4) is 0 Å². The average molecular weight is 418 g/mol. The lowest BCUT2D eigenvalue weighted by atomic mass is 10.2. The molecule has 2 saturated heterocycles. The van der Waals surface area contributed by atoms with Crippen molar-refractivity contribution >= 4 is 23.6 Å². The summed E-state index contributed by atoms with van der Waals surface area (Å²) in [5.74, 6) is 0.966. The molecule has 0 spiro atoms. The zero-order valence-electron chi connectivity index (χ0n) is 17.7. The van der Waals surface area contributed by atoms with Gasteiger partial charge in [0, 0.05) is 45.0 Å². The zero-order chi connectivity index (χ0) is 21.3. The molecule has 0 bridgehead atoms. The van der Waals surface area contributed by atoms with E-state index in [0.29, 0.717) is 31.9 Å². The highest BCUT2D eigenvalue weighted by molar-refractivity contribution is 5.84. The number of piperazine rings is 1. The van der Waals surface area contributed by atoms with Crippen LogP contribution in [0.2, 0.25) is 0 Å². The minimum Gasteiger partial charge on any atom is -0.453 e. The van der Waals surface area contributed by atoms with Gasteiger partial charge in [-0.3, -0.25) is 10.1 Å².